The van der Waals surface area contributed by atoms with Crippen molar-refractivity contribution >= 4 is 0 Å². The quantitative estimate of drug-likeness (QED) is 0.737. The standard InChI is InChI=1S/C16H22N2.Pd/c1-10(2)18-14(6)16(13(5)17-18)15-11(3)8-7-9-12(15)4;/h7-10H,1-6H3;. The maximum atomic E-state index is 4.68. The maximum Gasteiger partial charge on any atom is 0.0675 e. The fourth-order valence-corrected chi connectivity index (χ4v) is 2.74. The number of aryl methyl sites for hydroxylation is 3. The number of benzene rings is 1. The van der Waals surface area contributed by atoms with Crippen molar-refractivity contribution in [2.24, 2.45) is 0 Å². The molecule has 0 unspecified atom stereocenters. The van der Waals surface area contributed by atoms with Gasteiger partial charge < -0.3 is 0 Å². The summed E-state index contributed by atoms with van der Waals surface area (Å²) in [6.45, 7) is 13.0. The number of aromatic nitrogens is 2. The zero-order valence-corrected chi connectivity index (χ0v) is 14.1. The molecule has 1 aromatic carbocycles. The molecule has 0 spiro atoms. The van der Waals surface area contributed by atoms with Gasteiger partial charge in [-0.2, -0.15) is 5.10 Å². The molecule has 1 aromatic heterocycles. The van der Waals surface area contributed by atoms with Crippen LogP contribution < -0.4 is 0 Å². The molecule has 0 bridgehead atoms. The molecule has 3 heteroatoms. The summed E-state index contributed by atoms with van der Waals surface area (Å²) in [5.74, 6) is 0. The largest absolute Gasteiger partial charge is 0.266 e. The van der Waals surface area contributed by atoms with Gasteiger partial charge >= 0.3 is 0 Å². The number of hydrogen-bond acceptors (Lipinski definition) is 1. The van der Waals surface area contributed by atoms with Gasteiger partial charge in [0.1, 0.15) is 0 Å². The Morgan fingerprint density at radius 3 is 1.89 bits per heavy atom. The first-order valence-electron chi connectivity index (χ1n) is 6.55. The molecule has 0 fully saturated rings. The molecule has 106 valence electrons. The van der Waals surface area contributed by atoms with Gasteiger partial charge in [-0.05, 0) is 58.2 Å². The summed E-state index contributed by atoms with van der Waals surface area (Å²) < 4.78 is 2.12. The summed E-state index contributed by atoms with van der Waals surface area (Å²) in [5, 5.41) is 4.68. The van der Waals surface area contributed by atoms with E-state index in [1.54, 1.807) is 0 Å². The maximum absolute atomic E-state index is 4.68. The number of rotatable bonds is 2. The Kier molecular flexibility index (Phi) is 5.13. The molecule has 2 aromatic rings. The van der Waals surface area contributed by atoms with Crippen LogP contribution in [-0.2, 0) is 20.4 Å². The van der Waals surface area contributed by atoms with Crippen LogP contribution in [0.5, 0.6) is 0 Å². The molecular formula is C16H22N2Pd. The second-order valence-electron chi connectivity index (χ2n) is 5.35. The molecule has 0 atom stereocenters. The van der Waals surface area contributed by atoms with Crippen molar-refractivity contribution in [3.8, 4) is 11.1 Å². The Balaban J connectivity index is 0.00000180. The summed E-state index contributed by atoms with van der Waals surface area (Å²) in [5.41, 5.74) is 7.69. The van der Waals surface area contributed by atoms with Gasteiger partial charge in [0.05, 0.1) is 5.69 Å². The predicted molar refractivity (Wildman–Crippen MR) is 77.0 cm³/mol. The average molecular weight is 349 g/mol. The molecular weight excluding hydrogens is 327 g/mol. The number of hydrogen-bond donors (Lipinski definition) is 0. The minimum atomic E-state index is 0. The normalized spacial score (nSPS) is 10.7. The molecule has 19 heavy (non-hydrogen) atoms. The summed E-state index contributed by atoms with van der Waals surface area (Å²) >= 11 is 0. The van der Waals surface area contributed by atoms with Crippen LogP contribution in [0.4, 0.5) is 0 Å². The Hall–Kier alpha value is -0.908. The zero-order chi connectivity index (χ0) is 13.4. The van der Waals surface area contributed by atoms with E-state index in [4.69, 9.17) is 0 Å². The third kappa shape index (κ3) is 2.83. The Bertz CT molecular complexity index is 562. The fraction of sp³-hybridized carbons (Fsp3) is 0.438. The van der Waals surface area contributed by atoms with Crippen molar-refractivity contribution in [3.63, 3.8) is 0 Å². The van der Waals surface area contributed by atoms with E-state index in [1.165, 1.54) is 27.9 Å². The molecule has 0 aliphatic carbocycles. The molecule has 0 saturated carbocycles. The molecule has 0 saturated heterocycles. The molecule has 1 heterocycles. The summed E-state index contributed by atoms with van der Waals surface area (Å²) in [4.78, 5) is 0. The smallest absolute Gasteiger partial charge is 0.0675 e. The predicted octanol–water partition coefficient (Wildman–Crippen LogP) is 4.36. The monoisotopic (exact) mass is 348 g/mol. The Morgan fingerprint density at radius 2 is 1.47 bits per heavy atom. The topological polar surface area (TPSA) is 17.8 Å². The number of nitrogens with zero attached hydrogens (tertiary/aromatic N) is 2. The fourth-order valence-electron chi connectivity index (χ4n) is 2.74. The van der Waals surface area contributed by atoms with Crippen LogP contribution in [0.1, 0.15) is 42.4 Å². The van der Waals surface area contributed by atoms with Crippen molar-refractivity contribution in [1.29, 1.82) is 0 Å². The van der Waals surface area contributed by atoms with Crippen molar-refractivity contribution in [2.45, 2.75) is 47.6 Å². The molecule has 0 aliphatic rings. The molecule has 0 N–H and O–H groups in total. The molecule has 2 rings (SSSR count). The minimum Gasteiger partial charge on any atom is -0.266 e. The van der Waals surface area contributed by atoms with E-state index in [2.05, 4.69) is 69.5 Å². The molecule has 0 amide bonds. The zero-order valence-electron chi connectivity index (χ0n) is 12.5. The second kappa shape index (κ2) is 6.03. The van der Waals surface area contributed by atoms with E-state index in [0.29, 0.717) is 6.04 Å². The van der Waals surface area contributed by atoms with Crippen LogP contribution in [0.2, 0.25) is 0 Å². The van der Waals surface area contributed by atoms with Crippen LogP contribution >= 0.6 is 0 Å². The van der Waals surface area contributed by atoms with Crippen LogP contribution in [0.3, 0.4) is 0 Å². The van der Waals surface area contributed by atoms with Gasteiger partial charge in [0.25, 0.3) is 0 Å². The minimum absolute atomic E-state index is 0. The van der Waals surface area contributed by atoms with Crippen molar-refractivity contribution < 1.29 is 20.4 Å². The third-order valence-electron chi connectivity index (χ3n) is 3.55. The van der Waals surface area contributed by atoms with Crippen LogP contribution in [0.15, 0.2) is 18.2 Å². The van der Waals surface area contributed by atoms with E-state index in [9.17, 15) is 0 Å². The van der Waals surface area contributed by atoms with Crippen LogP contribution in [-0.4, -0.2) is 9.78 Å². The summed E-state index contributed by atoms with van der Waals surface area (Å²) in [6.07, 6.45) is 0. The molecule has 0 radical (unpaired) electrons. The summed E-state index contributed by atoms with van der Waals surface area (Å²) in [6, 6.07) is 6.87. The van der Waals surface area contributed by atoms with Gasteiger partial charge in [-0.1, -0.05) is 18.2 Å². The SMILES string of the molecule is Cc1cccc(C)c1-c1c(C)nn(C(C)C)c1C.[Pd]. The van der Waals surface area contributed by atoms with Crippen molar-refractivity contribution in [2.75, 3.05) is 0 Å². The van der Waals surface area contributed by atoms with Gasteiger partial charge in [-0.25, -0.2) is 0 Å². The molecule has 0 aliphatic heterocycles. The van der Waals surface area contributed by atoms with E-state index < -0.39 is 0 Å². The second-order valence-corrected chi connectivity index (χ2v) is 5.35. The first kappa shape index (κ1) is 16.1. The average Bonchev–Trinajstić information content (AvgIpc) is 2.56. The van der Waals surface area contributed by atoms with Gasteiger partial charge in [0.2, 0.25) is 0 Å². The van der Waals surface area contributed by atoms with E-state index in [1.807, 2.05) is 0 Å². The van der Waals surface area contributed by atoms with Gasteiger partial charge in [-0.3, -0.25) is 4.68 Å². The van der Waals surface area contributed by atoms with Crippen molar-refractivity contribution in [1.82, 2.24) is 9.78 Å². The van der Waals surface area contributed by atoms with Gasteiger partial charge in [0, 0.05) is 37.7 Å². The van der Waals surface area contributed by atoms with E-state index in [0.717, 1.165) is 5.69 Å². The van der Waals surface area contributed by atoms with E-state index >= 15 is 0 Å². The third-order valence-corrected chi connectivity index (χ3v) is 3.55. The first-order valence-corrected chi connectivity index (χ1v) is 6.55. The summed E-state index contributed by atoms with van der Waals surface area (Å²) in [7, 11) is 0. The van der Waals surface area contributed by atoms with Crippen LogP contribution in [0.25, 0.3) is 11.1 Å². The Morgan fingerprint density at radius 1 is 0.947 bits per heavy atom. The van der Waals surface area contributed by atoms with Gasteiger partial charge in [-0.15, -0.1) is 0 Å². The van der Waals surface area contributed by atoms with E-state index in [-0.39, 0.29) is 20.4 Å². The molecule has 2 nitrogen and oxygen atoms in total. The van der Waals surface area contributed by atoms with Gasteiger partial charge in [0.15, 0.2) is 0 Å². The first-order chi connectivity index (χ1) is 8.43. The Labute approximate surface area is 129 Å². The van der Waals surface area contributed by atoms with Crippen molar-refractivity contribution in [3.05, 3.63) is 40.7 Å². The van der Waals surface area contributed by atoms with Crippen LogP contribution in [0, 0.1) is 27.7 Å².